The number of hydrogen-bond donors (Lipinski definition) is 3. The zero-order valence-corrected chi connectivity index (χ0v) is 24.2. The number of aryl methyl sites for hydroxylation is 2. The van der Waals surface area contributed by atoms with Crippen LogP contribution in [0.5, 0.6) is 5.88 Å². The monoisotopic (exact) mass is 583 g/mol. The minimum absolute atomic E-state index is 0.0427. The van der Waals surface area contributed by atoms with Gasteiger partial charge in [0, 0.05) is 18.2 Å². The third-order valence-electron chi connectivity index (χ3n) is 6.29. The molecule has 4 rings (SSSR count). The molecule has 218 valence electrons. The summed E-state index contributed by atoms with van der Waals surface area (Å²) in [6.07, 6.45) is -1.17. The van der Waals surface area contributed by atoms with E-state index in [4.69, 9.17) is 15.2 Å². The lowest BCUT2D eigenvalue weighted by molar-refractivity contribution is 0.0274. The Balaban J connectivity index is 1.69. The van der Waals surface area contributed by atoms with Crippen LogP contribution in [-0.4, -0.2) is 71.3 Å². The summed E-state index contributed by atoms with van der Waals surface area (Å²) in [5, 5.41) is 9.28. The van der Waals surface area contributed by atoms with Gasteiger partial charge in [-0.2, -0.15) is 4.98 Å². The van der Waals surface area contributed by atoms with E-state index in [-0.39, 0.29) is 35.4 Å². The number of carbonyl (C=O) groups is 2. The van der Waals surface area contributed by atoms with Gasteiger partial charge in [-0.15, -0.1) is 0 Å². The number of nitrogens with one attached hydrogen (secondary N) is 1. The number of likely N-dealkylation sites (tertiary alicyclic amines) is 1. The number of nitrogens with two attached hydrogens (primary N) is 1. The van der Waals surface area contributed by atoms with E-state index in [9.17, 15) is 23.1 Å². The van der Waals surface area contributed by atoms with E-state index in [0.717, 1.165) is 22.8 Å². The summed E-state index contributed by atoms with van der Waals surface area (Å²) in [4.78, 5) is 33.9. The van der Waals surface area contributed by atoms with Crippen molar-refractivity contribution in [3.8, 4) is 17.1 Å². The minimum Gasteiger partial charge on any atom is -0.478 e. The summed E-state index contributed by atoms with van der Waals surface area (Å²) in [6, 6.07) is 11.7. The highest BCUT2D eigenvalue weighted by Gasteiger charge is 2.37. The van der Waals surface area contributed by atoms with Crippen LogP contribution in [0.2, 0.25) is 0 Å². The molecule has 0 aliphatic carbocycles. The SMILES string of the molecule is Cc1cccc(C)c1-c1cc(O[C@@H]2CN(C(=O)OC(C)(C)C)C[C@H]2N)nc(NS(=O)(=O)c2cccc(C(=O)O)c2)n1. The zero-order valence-electron chi connectivity index (χ0n) is 23.4. The van der Waals surface area contributed by atoms with Crippen molar-refractivity contribution in [3.05, 3.63) is 65.2 Å². The largest absolute Gasteiger partial charge is 0.478 e. The average molecular weight is 584 g/mol. The molecule has 2 heterocycles. The van der Waals surface area contributed by atoms with Gasteiger partial charge in [0.1, 0.15) is 11.7 Å². The molecule has 1 aliphatic heterocycles. The van der Waals surface area contributed by atoms with Crippen molar-refractivity contribution in [2.24, 2.45) is 5.73 Å². The third-order valence-corrected chi connectivity index (χ3v) is 7.62. The lowest BCUT2D eigenvalue weighted by Gasteiger charge is -2.24. The Morgan fingerprint density at radius 1 is 1.05 bits per heavy atom. The van der Waals surface area contributed by atoms with E-state index in [1.165, 1.54) is 23.1 Å². The molecule has 3 aromatic rings. The topological polar surface area (TPSA) is 174 Å². The van der Waals surface area contributed by atoms with Crippen LogP contribution >= 0.6 is 0 Å². The Morgan fingerprint density at radius 3 is 2.34 bits per heavy atom. The second-order valence-electron chi connectivity index (χ2n) is 10.8. The summed E-state index contributed by atoms with van der Waals surface area (Å²) < 4.78 is 40.3. The smallest absolute Gasteiger partial charge is 0.410 e. The minimum atomic E-state index is -4.27. The molecule has 2 aromatic carbocycles. The molecule has 1 amide bonds. The van der Waals surface area contributed by atoms with Crippen LogP contribution in [0.15, 0.2) is 53.4 Å². The third kappa shape index (κ3) is 7.11. The number of rotatable bonds is 7. The van der Waals surface area contributed by atoms with Crippen molar-refractivity contribution < 1.29 is 32.6 Å². The number of hydrogen-bond acceptors (Lipinski definition) is 9. The first kappa shape index (κ1) is 29.7. The van der Waals surface area contributed by atoms with Crippen molar-refractivity contribution in [1.82, 2.24) is 14.9 Å². The normalized spacial score (nSPS) is 17.3. The summed E-state index contributed by atoms with van der Waals surface area (Å²) >= 11 is 0. The van der Waals surface area contributed by atoms with Gasteiger partial charge in [-0.05, 0) is 63.9 Å². The summed E-state index contributed by atoms with van der Waals surface area (Å²) in [6.45, 7) is 9.45. The molecule has 1 aromatic heterocycles. The quantitative estimate of drug-likeness (QED) is 0.373. The van der Waals surface area contributed by atoms with E-state index >= 15 is 0 Å². The summed E-state index contributed by atoms with van der Waals surface area (Å²) in [5.74, 6) is -1.50. The van der Waals surface area contributed by atoms with Crippen molar-refractivity contribution >= 4 is 28.0 Å². The number of sulfonamides is 1. The van der Waals surface area contributed by atoms with Crippen LogP contribution < -0.4 is 15.2 Å². The number of benzene rings is 2. The number of aromatic carboxylic acids is 1. The maximum absolute atomic E-state index is 13.2. The summed E-state index contributed by atoms with van der Waals surface area (Å²) in [7, 11) is -4.27. The number of aromatic nitrogens is 2. The number of amides is 1. The molecule has 12 nitrogen and oxygen atoms in total. The van der Waals surface area contributed by atoms with Crippen molar-refractivity contribution in [2.75, 3.05) is 17.8 Å². The maximum Gasteiger partial charge on any atom is 0.410 e. The second-order valence-corrected chi connectivity index (χ2v) is 12.5. The van der Waals surface area contributed by atoms with E-state index in [1.807, 2.05) is 32.0 Å². The molecule has 4 N–H and O–H groups in total. The van der Waals surface area contributed by atoms with Crippen LogP contribution in [0.1, 0.15) is 42.3 Å². The first-order chi connectivity index (χ1) is 19.1. The average Bonchev–Trinajstić information content (AvgIpc) is 3.23. The number of carbonyl (C=O) groups excluding carboxylic acids is 1. The van der Waals surface area contributed by atoms with Gasteiger partial charge in [-0.1, -0.05) is 24.3 Å². The van der Waals surface area contributed by atoms with Crippen LogP contribution in [0.25, 0.3) is 11.3 Å². The molecule has 13 heteroatoms. The molecule has 0 radical (unpaired) electrons. The van der Waals surface area contributed by atoms with Crippen LogP contribution in [0, 0.1) is 13.8 Å². The molecule has 0 saturated carbocycles. The molecule has 1 fully saturated rings. The van der Waals surface area contributed by atoms with Crippen molar-refractivity contribution in [1.29, 1.82) is 0 Å². The maximum atomic E-state index is 13.2. The van der Waals surface area contributed by atoms with Crippen LogP contribution in [0.3, 0.4) is 0 Å². The molecule has 41 heavy (non-hydrogen) atoms. The summed E-state index contributed by atoms with van der Waals surface area (Å²) in [5.41, 5.74) is 8.38. The van der Waals surface area contributed by atoms with Gasteiger partial charge in [-0.3, -0.25) is 0 Å². The highest BCUT2D eigenvalue weighted by Crippen LogP contribution is 2.30. The van der Waals surface area contributed by atoms with Gasteiger partial charge >= 0.3 is 12.1 Å². The molecule has 1 aliphatic rings. The Morgan fingerprint density at radius 2 is 1.71 bits per heavy atom. The van der Waals surface area contributed by atoms with E-state index in [0.29, 0.717) is 5.69 Å². The fourth-order valence-corrected chi connectivity index (χ4v) is 5.40. The Labute approximate surface area is 238 Å². The number of nitrogens with zero attached hydrogens (tertiary/aromatic N) is 3. The highest BCUT2D eigenvalue weighted by atomic mass is 32.2. The first-order valence-corrected chi connectivity index (χ1v) is 14.3. The van der Waals surface area contributed by atoms with Crippen molar-refractivity contribution in [2.45, 2.75) is 57.3 Å². The highest BCUT2D eigenvalue weighted by molar-refractivity contribution is 7.92. The number of carboxylic acid groups (broad SMARTS) is 1. The van der Waals surface area contributed by atoms with E-state index in [1.54, 1.807) is 26.8 Å². The lowest BCUT2D eigenvalue weighted by atomic mass is 10.00. The standard InChI is InChI=1S/C28H33N5O7S/c1-16-8-6-9-17(2)24(16)21-13-23(39-22-15-33(14-20(22)29)27(36)40-28(3,4)5)31-26(30-21)32-41(37,38)19-11-7-10-18(12-19)25(34)35/h6-13,20,22H,14-15,29H2,1-5H3,(H,34,35)(H,30,31,32)/t20-,22-/m1/s1. The fraction of sp³-hybridized carbons (Fsp3) is 0.357. The number of ether oxygens (including phenoxy) is 2. The van der Waals surface area contributed by atoms with Crippen LogP contribution in [0.4, 0.5) is 10.7 Å². The van der Waals surface area contributed by atoms with Crippen LogP contribution in [-0.2, 0) is 14.8 Å². The van der Waals surface area contributed by atoms with Gasteiger partial charge in [0.15, 0.2) is 0 Å². The second kappa shape index (κ2) is 11.3. The molecule has 2 atom stereocenters. The van der Waals surface area contributed by atoms with Gasteiger partial charge < -0.3 is 25.2 Å². The Bertz CT molecular complexity index is 1570. The molecule has 1 saturated heterocycles. The lowest BCUT2D eigenvalue weighted by Crippen LogP contribution is -2.37. The molecule has 0 bridgehead atoms. The molecule has 0 spiro atoms. The van der Waals surface area contributed by atoms with Gasteiger partial charge in [0.2, 0.25) is 11.8 Å². The van der Waals surface area contributed by atoms with Crippen molar-refractivity contribution in [3.63, 3.8) is 0 Å². The fourth-order valence-electron chi connectivity index (χ4n) is 4.41. The first-order valence-electron chi connectivity index (χ1n) is 12.8. The van der Waals surface area contributed by atoms with Gasteiger partial charge in [0.05, 0.1) is 28.7 Å². The van der Waals surface area contributed by atoms with E-state index in [2.05, 4.69) is 14.7 Å². The molecular weight excluding hydrogens is 550 g/mol. The Kier molecular flexibility index (Phi) is 8.22. The molecular formula is C28H33N5O7S. The van der Waals surface area contributed by atoms with Gasteiger partial charge in [0.25, 0.3) is 10.0 Å². The van der Waals surface area contributed by atoms with E-state index < -0.39 is 39.8 Å². The molecule has 0 unspecified atom stereocenters. The number of anilines is 1. The Hall–Kier alpha value is -4.23. The zero-order chi connectivity index (χ0) is 30.1. The predicted octanol–water partition coefficient (Wildman–Crippen LogP) is 3.58. The number of carboxylic acids is 1. The van der Waals surface area contributed by atoms with Gasteiger partial charge in [-0.25, -0.2) is 27.7 Å². The predicted molar refractivity (Wildman–Crippen MR) is 151 cm³/mol.